The van der Waals surface area contributed by atoms with Crippen molar-refractivity contribution < 1.29 is 4.79 Å². The molecule has 1 aliphatic heterocycles. The zero-order valence-electron chi connectivity index (χ0n) is 11.4. The van der Waals surface area contributed by atoms with Crippen molar-refractivity contribution in [1.29, 1.82) is 0 Å². The monoisotopic (exact) mass is 258 g/mol. The van der Waals surface area contributed by atoms with Crippen LogP contribution < -0.4 is 10.2 Å². The Bertz CT molecular complexity index is 435. The lowest BCUT2D eigenvalue weighted by molar-refractivity contribution is -0.117. The molecule has 0 spiro atoms. The summed E-state index contributed by atoms with van der Waals surface area (Å²) in [6.07, 6.45) is 7.07. The molecule has 1 aromatic rings. The Morgan fingerprint density at radius 2 is 1.84 bits per heavy atom. The van der Waals surface area contributed by atoms with Gasteiger partial charge >= 0.3 is 0 Å². The molecule has 2 aliphatic rings. The molecule has 1 aromatic carbocycles. The van der Waals surface area contributed by atoms with Crippen molar-refractivity contribution in [2.45, 2.75) is 51.1 Å². The summed E-state index contributed by atoms with van der Waals surface area (Å²) in [6, 6.07) is 9.15. The van der Waals surface area contributed by atoms with Crippen molar-refractivity contribution in [2.24, 2.45) is 0 Å². The van der Waals surface area contributed by atoms with E-state index in [0.29, 0.717) is 12.5 Å². The van der Waals surface area contributed by atoms with Crippen LogP contribution in [0.4, 0.5) is 5.69 Å². The van der Waals surface area contributed by atoms with Crippen molar-refractivity contribution in [3.8, 4) is 0 Å². The predicted molar refractivity (Wildman–Crippen MR) is 77.1 cm³/mol. The minimum absolute atomic E-state index is 0.261. The molecule has 3 heteroatoms. The van der Waals surface area contributed by atoms with Crippen LogP contribution in [0.2, 0.25) is 0 Å². The van der Waals surface area contributed by atoms with E-state index in [1.54, 1.807) is 0 Å². The van der Waals surface area contributed by atoms with E-state index >= 15 is 0 Å². The van der Waals surface area contributed by atoms with Gasteiger partial charge in [0.05, 0.1) is 0 Å². The average molecular weight is 258 g/mol. The summed E-state index contributed by atoms with van der Waals surface area (Å²) < 4.78 is 0. The summed E-state index contributed by atoms with van der Waals surface area (Å²) >= 11 is 0. The first-order valence-electron chi connectivity index (χ1n) is 7.45. The van der Waals surface area contributed by atoms with Gasteiger partial charge in [-0.3, -0.25) is 4.79 Å². The second-order valence-electron chi connectivity index (χ2n) is 5.68. The molecule has 1 saturated heterocycles. The Balaban J connectivity index is 1.57. The van der Waals surface area contributed by atoms with E-state index in [-0.39, 0.29) is 5.91 Å². The van der Waals surface area contributed by atoms with Crippen LogP contribution in [0, 0.1) is 0 Å². The van der Waals surface area contributed by atoms with E-state index in [4.69, 9.17) is 0 Å². The number of carbonyl (C=O) groups excluding carboxylic acids is 1. The smallest absolute Gasteiger partial charge is 0.227 e. The number of amides is 1. The molecule has 1 amide bonds. The van der Waals surface area contributed by atoms with E-state index in [1.165, 1.54) is 31.2 Å². The van der Waals surface area contributed by atoms with Gasteiger partial charge in [0, 0.05) is 31.2 Å². The molecule has 1 aliphatic carbocycles. The molecule has 3 nitrogen and oxygen atoms in total. The van der Waals surface area contributed by atoms with Gasteiger partial charge in [0.15, 0.2) is 0 Å². The maximum absolute atomic E-state index is 11.7. The minimum Gasteiger partial charge on any atom is -0.312 e. The first-order valence-corrected chi connectivity index (χ1v) is 7.45. The molecule has 2 fully saturated rings. The number of nitrogens with one attached hydrogen (secondary N) is 1. The van der Waals surface area contributed by atoms with Gasteiger partial charge in [-0.25, -0.2) is 0 Å². The number of benzene rings is 1. The summed E-state index contributed by atoms with van der Waals surface area (Å²) in [7, 11) is 0. The van der Waals surface area contributed by atoms with Crippen LogP contribution in [-0.4, -0.2) is 18.5 Å². The number of anilines is 1. The zero-order valence-corrected chi connectivity index (χ0v) is 11.4. The highest BCUT2D eigenvalue weighted by atomic mass is 16.2. The zero-order chi connectivity index (χ0) is 13.1. The van der Waals surface area contributed by atoms with Crippen molar-refractivity contribution >= 4 is 11.6 Å². The lowest BCUT2D eigenvalue weighted by Gasteiger charge is -2.16. The fraction of sp³-hybridized carbons (Fsp3) is 0.562. The molecule has 0 radical (unpaired) electrons. The molecule has 1 heterocycles. The van der Waals surface area contributed by atoms with E-state index in [2.05, 4.69) is 29.6 Å². The molecular weight excluding hydrogens is 236 g/mol. The quantitative estimate of drug-likeness (QED) is 0.900. The van der Waals surface area contributed by atoms with E-state index < -0.39 is 0 Å². The van der Waals surface area contributed by atoms with Gasteiger partial charge in [-0.05, 0) is 37.0 Å². The van der Waals surface area contributed by atoms with Crippen LogP contribution in [0.5, 0.6) is 0 Å². The maximum atomic E-state index is 11.7. The van der Waals surface area contributed by atoms with Gasteiger partial charge in [0.2, 0.25) is 5.91 Å². The molecule has 1 saturated carbocycles. The standard InChI is InChI=1S/C16H22N2O/c19-16-6-3-11-18(16)15-9-7-13(8-10-15)12-17-14-4-1-2-5-14/h7-10,14,17H,1-6,11-12H2. The normalized spacial score (nSPS) is 20.4. The van der Waals surface area contributed by atoms with Crippen LogP contribution >= 0.6 is 0 Å². The summed E-state index contributed by atoms with van der Waals surface area (Å²) in [5.41, 5.74) is 2.36. The molecule has 19 heavy (non-hydrogen) atoms. The second kappa shape index (κ2) is 5.74. The van der Waals surface area contributed by atoms with E-state index in [0.717, 1.165) is 25.2 Å². The maximum Gasteiger partial charge on any atom is 0.227 e. The Morgan fingerprint density at radius 3 is 2.47 bits per heavy atom. The van der Waals surface area contributed by atoms with Crippen molar-refractivity contribution in [3.05, 3.63) is 29.8 Å². The molecular formula is C16H22N2O. The molecule has 0 bridgehead atoms. The Hall–Kier alpha value is -1.35. The van der Waals surface area contributed by atoms with E-state index in [9.17, 15) is 4.79 Å². The van der Waals surface area contributed by atoms with Gasteiger partial charge in [0.1, 0.15) is 0 Å². The van der Waals surface area contributed by atoms with Crippen molar-refractivity contribution in [2.75, 3.05) is 11.4 Å². The number of carbonyl (C=O) groups is 1. The fourth-order valence-corrected chi connectivity index (χ4v) is 3.11. The van der Waals surface area contributed by atoms with Crippen LogP contribution in [0.15, 0.2) is 24.3 Å². The van der Waals surface area contributed by atoms with Crippen LogP contribution in [0.1, 0.15) is 44.1 Å². The highest BCUT2D eigenvalue weighted by Crippen LogP contribution is 2.22. The lowest BCUT2D eigenvalue weighted by atomic mass is 10.1. The fourth-order valence-electron chi connectivity index (χ4n) is 3.11. The van der Waals surface area contributed by atoms with Crippen LogP contribution in [-0.2, 0) is 11.3 Å². The third-order valence-corrected chi connectivity index (χ3v) is 4.27. The van der Waals surface area contributed by atoms with Gasteiger partial charge in [0.25, 0.3) is 0 Å². The summed E-state index contributed by atoms with van der Waals surface area (Å²) in [6.45, 7) is 1.82. The number of hydrogen-bond acceptors (Lipinski definition) is 2. The van der Waals surface area contributed by atoms with Gasteiger partial charge in [-0.2, -0.15) is 0 Å². The summed E-state index contributed by atoms with van der Waals surface area (Å²) in [5, 5.41) is 3.62. The minimum atomic E-state index is 0.261. The van der Waals surface area contributed by atoms with Gasteiger partial charge < -0.3 is 10.2 Å². The molecule has 0 unspecified atom stereocenters. The summed E-state index contributed by atoms with van der Waals surface area (Å²) in [4.78, 5) is 13.6. The summed E-state index contributed by atoms with van der Waals surface area (Å²) in [5.74, 6) is 0.261. The molecule has 0 atom stereocenters. The number of rotatable bonds is 4. The number of hydrogen-bond donors (Lipinski definition) is 1. The number of nitrogens with zero attached hydrogens (tertiary/aromatic N) is 1. The molecule has 3 rings (SSSR count). The lowest BCUT2D eigenvalue weighted by Crippen LogP contribution is -2.25. The van der Waals surface area contributed by atoms with Gasteiger partial charge in [-0.15, -0.1) is 0 Å². The third-order valence-electron chi connectivity index (χ3n) is 4.27. The topological polar surface area (TPSA) is 32.3 Å². The van der Waals surface area contributed by atoms with Gasteiger partial charge in [-0.1, -0.05) is 25.0 Å². The first-order chi connectivity index (χ1) is 9.33. The second-order valence-corrected chi connectivity index (χ2v) is 5.68. The van der Waals surface area contributed by atoms with Crippen molar-refractivity contribution in [1.82, 2.24) is 5.32 Å². The Kier molecular flexibility index (Phi) is 3.83. The first kappa shape index (κ1) is 12.7. The third kappa shape index (κ3) is 2.98. The van der Waals surface area contributed by atoms with Crippen LogP contribution in [0.25, 0.3) is 0 Å². The Labute approximate surface area is 115 Å². The highest BCUT2D eigenvalue weighted by molar-refractivity contribution is 5.95. The predicted octanol–water partition coefficient (Wildman–Crippen LogP) is 2.85. The SMILES string of the molecule is O=C1CCCN1c1ccc(CNC2CCCC2)cc1. The molecule has 1 N–H and O–H groups in total. The molecule has 0 aromatic heterocycles. The largest absolute Gasteiger partial charge is 0.312 e. The van der Waals surface area contributed by atoms with Crippen molar-refractivity contribution in [3.63, 3.8) is 0 Å². The van der Waals surface area contributed by atoms with E-state index in [1.807, 2.05) is 4.90 Å². The van der Waals surface area contributed by atoms with Crippen LogP contribution in [0.3, 0.4) is 0 Å². The molecule has 102 valence electrons. The highest BCUT2D eigenvalue weighted by Gasteiger charge is 2.21. The average Bonchev–Trinajstić information content (AvgIpc) is 3.08. The Morgan fingerprint density at radius 1 is 1.11 bits per heavy atom.